The van der Waals surface area contributed by atoms with Gasteiger partial charge in [-0.15, -0.1) is 0 Å². The molecule has 0 aliphatic carbocycles. The van der Waals surface area contributed by atoms with E-state index in [-0.39, 0.29) is 13.2 Å². The quantitative estimate of drug-likeness (QED) is 0.0543. The monoisotopic (exact) mass is 772 g/mol. The lowest BCUT2D eigenvalue weighted by atomic mass is 10.4. The Morgan fingerprint density at radius 1 is 0.321 bits per heavy atom. The summed E-state index contributed by atoms with van der Waals surface area (Å²) in [5.74, 6) is -0.460. The minimum absolute atomic E-state index is 0.173. The summed E-state index contributed by atoms with van der Waals surface area (Å²) in [6.07, 6.45) is 6.15. The van der Waals surface area contributed by atoms with Gasteiger partial charge in [0.2, 0.25) is 0 Å². The zero-order chi connectivity index (χ0) is 38.2. The lowest BCUT2D eigenvalue weighted by Crippen LogP contribution is -2.15. The molecule has 1 N–H and O–H groups in total. The minimum Gasteiger partial charge on any atom is -0.460 e. The molecule has 53 heavy (non-hydrogen) atoms. The van der Waals surface area contributed by atoms with E-state index in [0.29, 0.717) is 178 Å². The number of carbonyl (C=O) groups is 1. The van der Waals surface area contributed by atoms with Gasteiger partial charge in [0.25, 0.3) is 0 Å². The van der Waals surface area contributed by atoms with Crippen molar-refractivity contribution in [1.29, 1.82) is 0 Å². The lowest BCUT2D eigenvalue weighted by Gasteiger charge is -2.09. The average molecular weight is 773 g/mol. The molecule has 0 unspecified atom stereocenters. The topological polar surface area (TPSA) is 167 Å². The third kappa shape index (κ3) is 48.6. The molecule has 0 atom stereocenters. The van der Waals surface area contributed by atoms with Crippen LogP contribution in [-0.4, -0.2) is 196 Å². The second-order valence-electron chi connectivity index (χ2n) is 11.2. The van der Waals surface area contributed by atoms with Crippen LogP contribution in [0.3, 0.4) is 0 Å². The molecule has 0 heterocycles. The molecule has 16 nitrogen and oxygen atoms in total. The zero-order valence-corrected chi connectivity index (χ0v) is 32.4. The van der Waals surface area contributed by atoms with Crippen LogP contribution >= 0.6 is 0 Å². The second-order valence-corrected chi connectivity index (χ2v) is 11.2. The number of rotatable bonds is 48. The Morgan fingerprint density at radius 2 is 0.509 bits per heavy atom. The van der Waals surface area contributed by atoms with E-state index in [4.69, 9.17) is 71.4 Å². The molecule has 316 valence electrons. The van der Waals surface area contributed by atoms with E-state index in [1.165, 1.54) is 0 Å². The van der Waals surface area contributed by atoms with Gasteiger partial charge >= 0.3 is 5.97 Å². The van der Waals surface area contributed by atoms with Gasteiger partial charge in [-0.05, 0) is 38.5 Å². The van der Waals surface area contributed by atoms with E-state index in [9.17, 15) is 4.79 Å². The van der Waals surface area contributed by atoms with Crippen molar-refractivity contribution < 1.29 is 76.2 Å². The Kier molecular flexibility index (Phi) is 47.4. The van der Waals surface area contributed by atoms with Gasteiger partial charge in [-0.2, -0.15) is 0 Å². The molecule has 0 spiro atoms. The van der Waals surface area contributed by atoms with E-state index in [0.717, 1.165) is 38.2 Å². The van der Waals surface area contributed by atoms with E-state index in [1.54, 1.807) is 0 Å². The normalized spacial score (nSPS) is 11.4. The fraction of sp³-hybridized carbons (Fsp3) is 0.919. The standard InChI is InChI=1S/C37H72O16/c1-2-37(39)53-36-35-52-34-33-51-32-31-50-30-29-49-28-27-48-26-25-47-24-23-46-22-21-45-20-8-19-44-18-7-17-43-16-6-15-42-14-5-13-41-12-4-11-40-10-3-9-38/h2,38H,1,3-36H2. The van der Waals surface area contributed by atoms with Crippen LogP contribution in [0.5, 0.6) is 0 Å². The molecule has 0 saturated carbocycles. The molecule has 0 fully saturated rings. The van der Waals surface area contributed by atoms with Crippen molar-refractivity contribution in [2.45, 2.75) is 38.5 Å². The summed E-state index contributed by atoms with van der Waals surface area (Å²) in [6, 6.07) is 0. The molecule has 0 saturated heterocycles. The van der Waals surface area contributed by atoms with Gasteiger partial charge in [-0.1, -0.05) is 6.58 Å². The molecule has 0 aliphatic heterocycles. The maximum Gasteiger partial charge on any atom is 0.330 e. The lowest BCUT2D eigenvalue weighted by molar-refractivity contribution is -0.139. The van der Waals surface area contributed by atoms with Crippen molar-refractivity contribution in [3.63, 3.8) is 0 Å². The fourth-order valence-corrected chi connectivity index (χ4v) is 3.89. The summed E-state index contributed by atoms with van der Waals surface area (Å²) in [5.41, 5.74) is 0. The summed E-state index contributed by atoms with van der Waals surface area (Å²) in [6.45, 7) is 18.3. The van der Waals surface area contributed by atoms with Crippen LogP contribution in [0, 0.1) is 0 Å². The van der Waals surface area contributed by atoms with Gasteiger partial charge in [0.15, 0.2) is 0 Å². The van der Waals surface area contributed by atoms with Gasteiger partial charge < -0.3 is 71.4 Å². The first kappa shape index (κ1) is 51.6. The van der Waals surface area contributed by atoms with E-state index in [2.05, 4.69) is 6.58 Å². The van der Waals surface area contributed by atoms with Crippen molar-refractivity contribution in [2.24, 2.45) is 0 Å². The first-order valence-electron chi connectivity index (χ1n) is 19.2. The van der Waals surface area contributed by atoms with Crippen molar-refractivity contribution in [2.75, 3.05) is 185 Å². The smallest absolute Gasteiger partial charge is 0.330 e. The highest BCUT2D eigenvalue weighted by Gasteiger charge is 1.98. The van der Waals surface area contributed by atoms with Gasteiger partial charge in [0.05, 0.1) is 99.1 Å². The molecule has 0 amide bonds. The minimum atomic E-state index is -0.460. The second kappa shape index (κ2) is 48.7. The molecule has 0 radical (unpaired) electrons. The van der Waals surface area contributed by atoms with Crippen LogP contribution in [0.1, 0.15) is 38.5 Å². The first-order valence-corrected chi connectivity index (χ1v) is 19.2. The van der Waals surface area contributed by atoms with Gasteiger partial charge in [0.1, 0.15) is 6.61 Å². The van der Waals surface area contributed by atoms with Crippen LogP contribution in [-0.2, 0) is 71.1 Å². The molecule has 0 aromatic carbocycles. The number of ether oxygens (including phenoxy) is 14. The summed E-state index contributed by atoms with van der Waals surface area (Å²) >= 11 is 0. The van der Waals surface area contributed by atoms with Crippen molar-refractivity contribution in [1.82, 2.24) is 0 Å². The summed E-state index contributed by atoms with van der Waals surface area (Å²) < 4.78 is 76.2. The maximum absolute atomic E-state index is 10.9. The Hall–Kier alpha value is -1.35. The number of hydrogen-bond acceptors (Lipinski definition) is 16. The number of esters is 1. The number of carbonyl (C=O) groups excluding carboxylic acids is 1. The molecule has 0 rings (SSSR count). The Bertz CT molecular complexity index is 706. The molecule has 0 aliphatic rings. The third-order valence-corrected chi connectivity index (χ3v) is 6.58. The first-order chi connectivity index (χ1) is 26.3. The van der Waals surface area contributed by atoms with E-state index in [1.807, 2.05) is 0 Å². The number of aliphatic hydroxyl groups is 1. The van der Waals surface area contributed by atoms with Crippen molar-refractivity contribution in [3.05, 3.63) is 12.7 Å². The van der Waals surface area contributed by atoms with E-state index >= 15 is 0 Å². The third-order valence-electron chi connectivity index (χ3n) is 6.58. The molecule has 16 heteroatoms. The van der Waals surface area contributed by atoms with Gasteiger partial charge in [-0.25, -0.2) is 4.79 Å². The highest BCUT2D eigenvalue weighted by Crippen LogP contribution is 1.94. The fourth-order valence-electron chi connectivity index (χ4n) is 3.89. The molecule has 0 aromatic rings. The Labute approximate surface area is 318 Å². The van der Waals surface area contributed by atoms with Crippen LogP contribution in [0.15, 0.2) is 12.7 Å². The molecule has 0 aromatic heterocycles. The van der Waals surface area contributed by atoms with Crippen LogP contribution < -0.4 is 0 Å². The molecular weight excluding hydrogens is 700 g/mol. The number of aliphatic hydroxyl groups excluding tert-OH is 1. The SMILES string of the molecule is C=CC(=O)OCCOCCOCCOCCOCCOCCOCCOCCOCCCOCCCOCCCOCCCOCCCOCCCO. The maximum atomic E-state index is 10.9. The predicted molar refractivity (Wildman–Crippen MR) is 197 cm³/mol. The highest BCUT2D eigenvalue weighted by molar-refractivity contribution is 5.81. The van der Waals surface area contributed by atoms with Gasteiger partial charge in [0, 0.05) is 85.4 Å². The predicted octanol–water partition coefficient (Wildman–Crippen LogP) is 2.26. The largest absolute Gasteiger partial charge is 0.460 e. The van der Waals surface area contributed by atoms with Crippen molar-refractivity contribution in [3.8, 4) is 0 Å². The summed E-state index contributed by atoms with van der Waals surface area (Å²) in [7, 11) is 0. The molecule has 0 bridgehead atoms. The van der Waals surface area contributed by atoms with Crippen molar-refractivity contribution >= 4 is 5.97 Å². The van der Waals surface area contributed by atoms with Crippen LogP contribution in [0.4, 0.5) is 0 Å². The number of hydrogen-bond donors (Lipinski definition) is 1. The summed E-state index contributed by atoms with van der Waals surface area (Å²) in [5, 5.41) is 8.67. The Balaban J connectivity index is 3.06. The Morgan fingerprint density at radius 3 is 0.736 bits per heavy atom. The van der Waals surface area contributed by atoms with Crippen LogP contribution in [0.25, 0.3) is 0 Å². The molecular formula is C37H72O16. The highest BCUT2D eigenvalue weighted by atomic mass is 16.6. The van der Waals surface area contributed by atoms with Gasteiger partial charge in [-0.3, -0.25) is 0 Å². The van der Waals surface area contributed by atoms with Crippen LogP contribution in [0.2, 0.25) is 0 Å². The average Bonchev–Trinajstić information content (AvgIpc) is 3.17. The van der Waals surface area contributed by atoms with E-state index < -0.39 is 5.97 Å². The zero-order valence-electron chi connectivity index (χ0n) is 32.4. The summed E-state index contributed by atoms with van der Waals surface area (Å²) in [4.78, 5) is 10.9.